The van der Waals surface area contributed by atoms with Crippen LogP contribution in [0.15, 0.2) is 0 Å². The molecule has 1 heterocycles. The van der Waals surface area contributed by atoms with Gasteiger partial charge in [-0.25, -0.2) is 0 Å². The van der Waals surface area contributed by atoms with Crippen LogP contribution in [0.2, 0.25) is 0 Å². The van der Waals surface area contributed by atoms with Gasteiger partial charge in [0.25, 0.3) is 0 Å². The number of rotatable bonds is 8. The van der Waals surface area contributed by atoms with Crippen LogP contribution >= 0.6 is 0 Å². The first-order valence-corrected chi connectivity index (χ1v) is 8.14. The fourth-order valence-corrected chi connectivity index (χ4v) is 3.52. The van der Waals surface area contributed by atoms with Crippen molar-refractivity contribution in [3.8, 4) is 0 Å². The first-order chi connectivity index (χ1) is 9.49. The maximum atomic E-state index is 9.39. The largest absolute Gasteiger partial charge is 0.393 e. The summed E-state index contributed by atoms with van der Waals surface area (Å²) in [6.07, 6.45) is 3.10. The van der Waals surface area contributed by atoms with Gasteiger partial charge in [0.2, 0.25) is 0 Å². The molecule has 0 spiro atoms. The second kappa shape index (κ2) is 7.21. The second-order valence-electron chi connectivity index (χ2n) is 7.52. The quantitative estimate of drug-likeness (QED) is 0.706. The van der Waals surface area contributed by atoms with Gasteiger partial charge in [0.15, 0.2) is 0 Å². The maximum absolute atomic E-state index is 9.39. The van der Waals surface area contributed by atoms with E-state index in [2.05, 4.69) is 31.1 Å². The van der Waals surface area contributed by atoms with Crippen molar-refractivity contribution in [2.45, 2.75) is 39.2 Å². The highest BCUT2D eigenvalue weighted by atomic mass is 16.5. The van der Waals surface area contributed by atoms with Crippen LogP contribution < -0.4 is 5.32 Å². The van der Waals surface area contributed by atoms with E-state index >= 15 is 0 Å². The van der Waals surface area contributed by atoms with Gasteiger partial charge in [-0.2, -0.15) is 0 Å². The lowest BCUT2D eigenvalue weighted by Crippen LogP contribution is -2.46. The summed E-state index contributed by atoms with van der Waals surface area (Å²) in [6, 6.07) is 0. The van der Waals surface area contributed by atoms with Crippen molar-refractivity contribution in [1.82, 2.24) is 10.2 Å². The lowest BCUT2D eigenvalue weighted by Gasteiger charge is -2.38. The van der Waals surface area contributed by atoms with E-state index in [1.807, 2.05) is 0 Å². The Morgan fingerprint density at radius 1 is 1.40 bits per heavy atom. The predicted molar refractivity (Wildman–Crippen MR) is 81.8 cm³/mol. The Kier molecular flexibility index (Phi) is 5.84. The Balaban J connectivity index is 1.75. The molecule has 0 aromatic carbocycles. The molecule has 2 aliphatic rings. The number of nitrogens with one attached hydrogen (secondary N) is 1. The van der Waals surface area contributed by atoms with Crippen molar-refractivity contribution in [2.75, 3.05) is 46.4 Å². The third kappa shape index (κ3) is 4.69. The standard InChI is InChI=1S/C16H32N2O2/c1-13(2)8-17-10-16(4-5-20-12-16)11-18(3)9-14-6-15(19)7-14/h13-15,17,19H,4-12H2,1-3H3. The van der Waals surface area contributed by atoms with Crippen LogP contribution in [0.25, 0.3) is 0 Å². The molecular formula is C16H32N2O2. The summed E-state index contributed by atoms with van der Waals surface area (Å²) < 4.78 is 5.67. The smallest absolute Gasteiger partial charge is 0.0547 e. The fraction of sp³-hybridized carbons (Fsp3) is 1.00. The molecule has 2 N–H and O–H groups in total. The molecule has 0 aromatic heterocycles. The average molecular weight is 284 g/mol. The maximum Gasteiger partial charge on any atom is 0.0547 e. The summed E-state index contributed by atoms with van der Waals surface area (Å²) >= 11 is 0. The van der Waals surface area contributed by atoms with Crippen molar-refractivity contribution in [3.63, 3.8) is 0 Å². The van der Waals surface area contributed by atoms with Crippen molar-refractivity contribution in [1.29, 1.82) is 0 Å². The minimum absolute atomic E-state index is 0.0371. The lowest BCUT2D eigenvalue weighted by molar-refractivity contribution is 0.0204. The summed E-state index contributed by atoms with van der Waals surface area (Å²) in [5, 5.41) is 13.0. The Morgan fingerprint density at radius 2 is 2.15 bits per heavy atom. The minimum atomic E-state index is -0.0371. The van der Waals surface area contributed by atoms with Gasteiger partial charge in [-0.05, 0) is 44.7 Å². The third-order valence-electron chi connectivity index (χ3n) is 4.62. The van der Waals surface area contributed by atoms with Gasteiger partial charge in [0.1, 0.15) is 0 Å². The van der Waals surface area contributed by atoms with Gasteiger partial charge >= 0.3 is 0 Å². The van der Waals surface area contributed by atoms with Crippen LogP contribution in [0.3, 0.4) is 0 Å². The van der Waals surface area contributed by atoms with Crippen LogP contribution in [-0.4, -0.2) is 62.6 Å². The number of aliphatic hydroxyl groups excluding tert-OH is 1. The molecule has 1 aliphatic carbocycles. The summed E-state index contributed by atoms with van der Waals surface area (Å²) in [6.45, 7) is 10.6. The number of hydrogen-bond donors (Lipinski definition) is 2. The van der Waals surface area contributed by atoms with E-state index in [-0.39, 0.29) is 11.5 Å². The number of nitrogens with zero attached hydrogens (tertiary/aromatic N) is 1. The molecule has 4 heteroatoms. The highest BCUT2D eigenvalue weighted by Crippen LogP contribution is 2.31. The van der Waals surface area contributed by atoms with Gasteiger partial charge in [-0.3, -0.25) is 0 Å². The second-order valence-corrected chi connectivity index (χ2v) is 7.52. The van der Waals surface area contributed by atoms with E-state index in [4.69, 9.17) is 4.74 Å². The summed E-state index contributed by atoms with van der Waals surface area (Å²) in [7, 11) is 2.22. The van der Waals surface area contributed by atoms with Gasteiger partial charge < -0.3 is 20.1 Å². The van der Waals surface area contributed by atoms with Crippen molar-refractivity contribution >= 4 is 0 Å². The Bertz CT molecular complexity index is 284. The topological polar surface area (TPSA) is 44.7 Å². The van der Waals surface area contributed by atoms with Crippen LogP contribution in [0.5, 0.6) is 0 Å². The molecule has 0 radical (unpaired) electrons. The van der Waals surface area contributed by atoms with Gasteiger partial charge in [0, 0.05) is 31.7 Å². The molecule has 1 aliphatic heterocycles. The number of ether oxygens (including phenoxy) is 1. The molecule has 1 unspecified atom stereocenters. The molecule has 118 valence electrons. The molecule has 1 saturated heterocycles. The summed E-state index contributed by atoms with van der Waals surface area (Å²) in [5.74, 6) is 1.39. The van der Waals surface area contributed by atoms with Gasteiger partial charge in [-0.15, -0.1) is 0 Å². The summed E-state index contributed by atoms with van der Waals surface area (Å²) in [4.78, 5) is 2.45. The van der Waals surface area contributed by atoms with Crippen molar-refractivity contribution < 1.29 is 9.84 Å². The van der Waals surface area contributed by atoms with E-state index in [0.717, 1.165) is 58.7 Å². The van der Waals surface area contributed by atoms with Gasteiger partial charge in [0.05, 0.1) is 12.7 Å². The van der Waals surface area contributed by atoms with Crippen LogP contribution in [0.1, 0.15) is 33.1 Å². The molecular weight excluding hydrogens is 252 g/mol. The predicted octanol–water partition coefficient (Wildman–Crippen LogP) is 1.34. The van der Waals surface area contributed by atoms with E-state index < -0.39 is 0 Å². The molecule has 1 atom stereocenters. The molecule has 0 bridgehead atoms. The van der Waals surface area contributed by atoms with E-state index in [9.17, 15) is 5.11 Å². The molecule has 1 saturated carbocycles. The van der Waals surface area contributed by atoms with Crippen molar-refractivity contribution in [2.24, 2.45) is 17.3 Å². The zero-order valence-corrected chi connectivity index (χ0v) is 13.4. The fourth-order valence-electron chi connectivity index (χ4n) is 3.52. The molecule has 0 aromatic rings. The normalized spacial score (nSPS) is 33.9. The molecule has 0 amide bonds. The van der Waals surface area contributed by atoms with E-state index in [0.29, 0.717) is 11.8 Å². The first kappa shape index (κ1) is 16.2. The summed E-state index contributed by atoms with van der Waals surface area (Å²) in [5.41, 5.74) is 0.284. The van der Waals surface area contributed by atoms with Gasteiger partial charge in [-0.1, -0.05) is 13.8 Å². The van der Waals surface area contributed by atoms with E-state index in [1.165, 1.54) is 0 Å². The Morgan fingerprint density at radius 3 is 2.70 bits per heavy atom. The molecule has 2 fully saturated rings. The highest BCUT2D eigenvalue weighted by molar-refractivity contribution is 4.89. The lowest BCUT2D eigenvalue weighted by atomic mass is 9.81. The number of aliphatic hydroxyl groups is 1. The minimum Gasteiger partial charge on any atom is -0.393 e. The van der Waals surface area contributed by atoms with Crippen LogP contribution in [0, 0.1) is 17.3 Å². The van der Waals surface area contributed by atoms with Crippen LogP contribution in [0.4, 0.5) is 0 Å². The highest BCUT2D eigenvalue weighted by Gasteiger charge is 2.37. The Labute approximate surface area is 123 Å². The first-order valence-electron chi connectivity index (χ1n) is 8.14. The third-order valence-corrected chi connectivity index (χ3v) is 4.62. The molecule has 4 nitrogen and oxygen atoms in total. The average Bonchev–Trinajstić information content (AvgIpc) is 2.75. The zero-order valence-electron chi connectivity index (χ0n) is 13.4. The Hall–Kier alpha value is -0.160. The van der Waals surface area contributed by atoms with Crippen LogP contribution in [-0.2, 0) is 4.74 Å². The molecule has 20 heavy (non-hydrogen) atoms. The SMILES string of the molecule is CC(C)CNCC1(CN(C)CC2CC(O)C2)CCOC1. The number of hydrogen-bond acceptors (Lipinski definition) is 4. The monoisotopic (exact) mass is 284 g/mol. The molecule has 2 rings (SSSR count). The zero-order chi connectivity index (χ0) is 14.6. The van der Waals surface area contributed by atoms with E-state index in [1.54, 1.807) is 0 Å². The van der Waals surface area contributed by atoms with Crippen molar-refractivity contribution in [3.05, 3.63) is 0 Å².